The second-order valence-electron chi connectivity index (χ2n) is 2.65. The predicted octanol–water partition coefficient (Wildman–Crippen LogP) is 1.95. The first-order chi connectivity index (χ1) is 5.10. The third-order valence-electron chi connectivity index (χ3n) is 1.96. The molecule has 0 rings (SSSR count). The maximum atomic E-state index is 11.3. The molecule has 0 aliphatic carbocycles. The van der Waals surface area contributed by atoms with E-state index in [1.54, 1.807) is 26.2 Å². The van der Waals surface area contributed by atoms with E-state index in [0.29, 0.717) is 6.42 Å². The first-order valence-corrected chi connectivity index (χ1v) is 3.83. The Morgan fingerprint density at radius 1 is 1.64 bits per heavy atom. The lowest BCUT2D eigenvalue weighted by atomic mass is 9.97. The lowest BCUT2D eigenvalue weighted by molar-refractivity contribution is -0.134. The normalized spacial score (nSPS) is 16.7. The smallest absolute Gasteiger partial charge is 0.186 e. The van der Waals surface area contributed by atoms with Crippen LogP contribution in [0.2, 0.25) is 0 Å². The zero-order valence-electron chi connectivity index (χ0n) is 7.68. The molecule has 0 bridgehead atoms. The van der Waals surface area contributed by atoms with Crippen LogP contribution in [-0.2, 0) is 9.53 Å². The van der Waals surface area contributed by atoms with Crippen LogP contribution >= 0.6 is 0 Å². The highest BCUT2D eigenvalue weighted by Gasteiger charge is 2.27. The molecular formula is C9H16O2. The summed E-state index contributed by atoms with van der Waals surface area (Å²) in [6.07, 6.45) is 3.98. The molecule has 0 spiro atoms. The summed E-state index contributed by atoms with van der Waals surface area (Å²) in [5.74, 6) is 0.0324. The molecule has 0 heterocycles. The molecule has 11 heavy (non-hydrogen) atoms. The predicted molar refractivity (Wildman–Crippen MR) is 45.5 cm³/mol. The Balaban J connectivity index is 4.37. The highest BCUT2D eigenvalue weighted by Crippen LogP contribution is 2.15. The van der Waals surface area contributed by atoms with Crippen molar-refractivity contribution in [1.29, 1.82) is 0 Å². The lowest BCUT2D eigenvalue weighted by Gasteiger charge is -2.22. The zero-order chi connectivity index (χ0) is 8.91. The van der Waals surface area contributed by atoms with Gasteiger partial charge in [-0.15, -0.1) is 0 Å². The van der Waals surface area contributed by atoms with Crippen molar-refractivity contribution in [3.05, 3.63) is 12.2 Å². The molecule has 0 aromatic heterocycles. The van der Waals surface area contributed by atoms with E-state index < -0.39 is 5.60 Å². The third kappa shape index (κ3) is 2.46. The second kappa shape index (κ2) is 4.29. The monoisotopic (exact) mass is 156 g/mol. The molecule has 2 heteroatoms. The number of ketones is 1. The van der Waals surface area contributed by atoms with Crippen LogP contribution in [0.15, 0.2) is 12.2 Å². The van der Waals surface area contributed by atoms with E-state index in [2.05, 4.69) is 0 Å². The van der Waals surface area contributed by atoms with Gasteiger partial charge in [-0.05, 0) is 26.3 Å². The van der Waals surface area contributed by atoms with Crippen molar-refractivity contribution in [3.63, 3.8) is 0 Å². The van der Waals surface area contributed by atoms with Crippen molar-refractivity contribution in [2.75, 3.05) is 7.11 Å². The van der Waals surface area contributed by atoms with Crippen molar-refractivity contribution < 1.29 is 9.53 Å². The second-order valence-corrected chi connectivity index (χ2v) is 2.65. The highest BCUT2D eigenvalue weighted by molar-refractivity contribution is 5.96. The molecule has 0 N–H and O–H groups in total. The quantitative estimate of drug-likeness (QED) is 0.581. The van der Waals surface area contributed by atoms with E-state index in [1.807, 2.05) is 13.8 Å². The molecule has 1 atom stereocenters. The van der Waals surface area contributed by atoms with E-state index in [1.165, 1.54) is 0 Å². The first-order valence-electron chi connectivity index (χ1n) is 3.83. The summed E-state index contributed by atoms with van der Waals surface area (Å²) in [5, 5.41) is 0. The van der Waals surface area contributed by atoms with Crippen molar-refractivity contribution in [3.8, 4) is 0 Å². The minimum atomic E-state index is -0.632. The number of methoxy groups -OCH3 is 1. The number of ether oxygens (including phenoxy) is 1. The van der Waals surface area contributed by atoms with E-state index >= 15 is 0 Å². The van der Waals surface area contributed by atoms with E-state index in [0.717, 1.165) is 0 Å². The Kier molecular flexibility index (Phi) is 4.04. The van der Waals surface area contributed by atoms with Gasteiger partial charge < -0.3 is 4.74 Å². The van der Waals surface area contributed by atoms with Gasteiger partial charge >= 0.3 is 0 Å². The molecule has 0 saturated carbocycles. The molecule has 0 radical (unpaired) electrons. The maximum absolute atomic E-state index is 11.3. The molecule has 0 aromatic carbocycles. The van der Waals surface area contributed by atoms with Gasteiger partial charge in [0.2, 0.25) is 0 Å². The average Bonchev–Trinajstić information content (AvgIpc) is 2.03. The van der Waals surface area contributed by atoms with Gasteiger partial charge in [0.1, 0.15) is 5.60 Å². The van der Waals surface area contributed by atoms with Gasteiger partial charge in [0.05, 0.1) is 0 Å². The number of carbonyl (C=O) groups excluding carboxylic acids is 1. The van der Waals surface area contributed by atoms with Crippen molar-refractivity contribution in [1.82, 2.24) is 0 Å². The number of rotatable bonds is 4. The summed E-state index contributed by atoms with van der Waals surface area (Å²) in [7, 11) is 1.56. The number of hydrogen-bond acceptors (Lipinski definition) is 2. The molecule has 1 unspecified atom stereocenters. The lowest BCUT2D eigenvalue weighted by Crippen LogP contribution is -2.35. The van der Waals surface area contributed by atoms with Crippen LogP contribution in [0.5, 0.6) is 0 Å². The summed E-state index contributed by atoms with van der Waals surface area (Å²) in [5.41, 5.74) is -0.632. The number of hydrogen-bond donors (Lipinski definition) is 0. The molecule has 0 aliphatic rings. The number of allylic oxidation sites excluding steroid dienone is 1. The minimum Gasteiger partial charge on any atom is -0.370 e. The van der Waals surface area contributed by atoms with Crippen LogP contribution in [0, 0.1) is 0 Å². The fraction of sp³-hybridized carbons (Fsp3) is 0.667. The van der Waals surface area contributed by atoms with Crippen LogP contribution in [0.25, 0.3) is 0 Å². The van der Waals surface area contributed by atoms with Crippen molar-refractivity contribution in [2.24, 2.45) is 0 Å². The van der Waals surface area contributed by atoms with Gasteiger partial charge in [-0.2, -0.15) is 0 Å². The topological polar surface area (TPSA) is 26.3 Å². The molecule has 0 fully saturated rings. The Labute approximate surface area is 68.2 Å². The minimum absolute atomic E-state index is 0.0324. The van der Waals surface area contributed by atoms with Crippen LogP contribution < -0.4 is 0 Å². The largest absolute Gasteiger partial charge is 0.370 e. The summed E-state index contributed by atoms with van der Waals surface area (Å²) >= 11 is 0. The van der Waals surface area contributed by atoms with Gasteiger partial charge in [0.25, 0.3) is 0 Å². The molecule has 0 amide bonds. The summed E-state index contributed by atoms with van der Waals surface area (Å²) in [4.78, 5) is 11.3. The number of carbonyl (C=O) groups is 1. The fourth-order valence-corrected chi connectivity index (χ4v) is 0.747. The Morgan fingerprint density at radius 2 is 2.18 bits per heavy atom. The van der Waals surface area contributed by atoms with E-state index in [4.69, 9.17) is 4.74 Å². The third-order valence-corrected chi connectivity index (χ3v) is 1.96. The molecule has 0 aliphatic heterocycles. The standard InChI is InChI=1S/C9H16O2/c1-5-7-8(10)9(3,6-2)11-4/h5,7H,6H2,1-4H3. The van der Waals surface area contributed by atoms with Crippen LogP contribution in [0.4, 0.5) is 0 Å². The van der Waals surface area contributed by atoms with E-state index in [9.17, 15) is 4.79 Å². The molecule has 2 nitrogen and oxygen atoms in total. The van der Waals surface area contributed by atoms with E-state index in [-0.39, 0.29) is 5.78 Å². The van der Waals surface area contributed by atoms with Crippen LogP contribution in [0.3, 0.4) is 0 Å². The molecular weight excluding hydrogens is 140 g/mol. The van der Waals surface area contributed by atoms with Crippen LogP contribution in [-0.4, -0.2) is 18.5 Å². The fourth-order valence-electron chi connectivity index (χ4n) is 0.747. The summed E-state index contributed by atoms with van der Waals surface area (Å²) in [6, 6.07) is 0. The van der Waals surface area contributed by atoms with Gasteiger partial charge in [-0.25, -0.2) is 0 Å². The molecule has 64 valence electrons. The van der Waals surface area contributed by atoms with Gasteiger partial charge in [0.15, 0.2) is 5.78 Å². The van der Waals surface area contributed by atoms with Gasteiger partial charge in [-0.3, -0.25) is 4.79 Å². The average molecular weight is 156 g/mol. The zero-order valence-corrected chi connectivity index (χ0v) is 7.68. The van der Waals surface area contributed by atoms with Gasteiger partial charge in [0, 0.05) is 7.11 Å². The first kappa shape index (κ1) is 10.4. The molecule has 0 aromatic rings. The Bertz CT molecular complexity index is 155. The van der Waals surface area contributed by atoms with Gasteiger partial charge in [-0.1, -0.05) is 13.0 Å². The SMILES string of the molecule is CC=CC(=O)C(C)(CC)OC. The van der Waals surface area contributed by atoms with Crippen LogP contribution in [0.1, 0.15) is 27.2 Å². The van der Waals surface area contributed by atoms with Crippen molar-refractivity contribution in [2.45, 2.75) is 32.8 Å². The highest BCUT2D eigenvalue weighted by atomic mass is 16.5. The summed E-state index contributed by atoms with van der Waals surface area (Å²) in [6.45, 7) is 5.56. The summed E-state index contributed by atoms with van der Waals surface area (Å²) < 4.78 is 5.10. The van der Waals surface area contributed by atoms with Crippen molar-refractivity contribution >= 4 is 5.78 Å². The Hall–Kier alpha value is -0.630. The maximum Gasteiger partial charge on any atom is 0.186 e. The Morgan fingerprint density at radius 3 is 2.45 bits per heavy atom. The molecule has 0 saturated heterocycles.